The highest BCUT2D eigenvalue weighted by atomic mass is 16.5. The largest absolute Gasteiger partial charge is 0.504 e. The number of phenols is 2. The van der Waals surface area contributed by atoms with E-state index in [-0.39, 0.29) is 34.3 Å². The molecule has 0 aromatic heterocycles. The lowest BCUT2D eigenvalue weighted by Gasteiger charge is -2.17. The summed E-state index contributed by atoms with van der Waals surface area (Å²) in [7, 11) is 2.80. The third kappa shape index (κ3) is 3.28. The second-order valence-electron chi connectivity index (χ2n) is 6.38. The van der Waals surface area contributed by atoms with Gasteiger partial charge in [-0.25, -0.2) is 0 Å². The van der Waals surface area contributed by atoms with Crippen LogP contribution in [0.5, 0.6) is 23.0 Å². The van der Waals surface area contributed by atoms with Crippen LogP contribution < -0.4 is 20.2 Å². The number of aromatic hydroxyl groups is 2. The maximum absolute atomic E-state index is 12.5. The lowest BCUT2D eigenvalue weighted by molar-refractivity contribution is -0.119. The van der Waals surface area contributed by atoms with Gasteiger partial charge in [-0.2, -0.15) is 0 Å². The fraction of sp³-hybridized carbons (Fsp3) is 0.300. The number of aryl methyl sites for hydroxylation is 1. The molecule has 0 spiro atoms. The quantitative estimate of drug-likeness (QED) is 0.715. The lowest BCUT2D eigenvalue weighted by Crippen LogP contribution is -2.26. The molecule has 0 saturated carbocycles. The van der Waals surface area contributed by atoms with Crippen molar-refractivity contribution in [3.63, 3.8) is 0 Å². The van der Waals surface area contributed by atoms with Crippen LogP contribution in [0.2, 0.25) is 0 Å². The van der Waals surface area contributed by atoms with Gasteiger partial charge in [0.05, 0.1) is 20.3 Å². The number of hydrogen-bond acceptors (Lipinski definition) is 6. The van der Waals surface area contributed by atoms with Crippen molar-refractivity contribution in [2.75, 3.05) is 14.2 Å². The van der Waals surface area contributed by atoms with Gasteiger partial charge in [0, 0.05) is 12.5 Å². The van der Waals surface area contributed by atoms with E-state index in [1.54, 1.807) is 12.1 Å². The number of rotatable bonds is 3. The topological polar surface area (TPSA) is 105 Å². The molecule has 7 heteroatoms. The Kier molecular flexibility index (Phi) is 4.94. The summed E-state index contributed by atoms with van der Waals surface area (Å²) in [5.74, 6) is -0.628. The van der Waals surface area contributed by atoms with Gasteiger partial charge in [0.2, 0.25) is 17.1 Å². The Hall–Kier alpha value is -3.22. The summed E-state index contributed by atoms with van der Waals surface area (Å²) in [5, 5.41) is 23.8. The summed E-state index contributed by atoms with van der Waals surface area (Å²) < 4.78 is 10.3. The minimum atomic E-state index is -0.428. The molecule has 1 aliphatic rings. The number of nitrogens with one attached hydrogen (secondary N) is 1. The summed E-state index contributed by atoms with van der Waals surface area (Å²) in [6.07, 6.45) is 1.02. The van der Waals surface area contributed by atoms with Crippen LogP contribution in [-0.4, -0.2) is 30.3 Å². The molecule has 0 heterocycles. The van der Waals surface area contributed by atoms with E-state index in [0.717, 1.165) is 5.56 Å². The van der Waals surface area contributed by atoms with E-state index in [1.807, 2.05) is 0 Å². The van der Waals surface area contributed by atoms with Crippen molar-refractivity contribution in [1.82, 2.24) is 5.32 Å². The molecule has 3 N–H and O–H groups in total. The molecule has 0 saturated heterocycles. The van der Waals surface area contributed by atoms with Gasteiger partial charge >= 0.3 is 0 Å². The Morgan fingerprint density at radius 1 is 1.11 bits per heavy atom. The van der Waals surface area contributed by atoms with Gasteiger partial charge < -0.3 is 25.0 Å². The van der Waals surface area contributed by atoms with E-state index >= 15 is 0 Å². The first-order valence-corrected chi connectivity index (χ1v) is 8.48. The normalized spacial score (nSPS) is 15.1. The molecular weight excluding hydrogens is 350 g/mol. The highest BCUT2D eigenvalue weighted by Gasteiger charge is 2.28. The van der Waals surface area contributed by atoms with Gasteiger partial charge in [0.25, 0.3) is 0 Å². The summed E-state index contributed by atoms with van der Waals surface area (Å²) in [6, 6.07) is 5.81. The van der Waals surface area contributed by atoms with Gasteiger partial charge in [-0.15, -0.1) is 0 Å². The zero-order valence-corrected chi connectivity index (χ0v) is 15.3. The molecule has 1 unspecified atom stereocenters. The molecule has 27 heavy (non-hydrogen) atoms. The first-order chi connectivity index (χ1) is 12.9. The third-order valence-electron chi connectivity index (χ3n) is 4.73. The van der Waals surface area contributed by atoms with Crippen molar-refractivity contribution >= 4 is 5.91 Å². The average molecular weight is 371 g/mol. The Bertz CT molecular complexity index is 969. The predicted molar refractivity (Wildman–Crippen MR) is 99.5 cm³/mol. The minimum absolute atomic E-state index is 0.142. The molecule has 1 atom stereocenters. The van der Waals surface area contributed by atoms with Crippen molar-refractivity contribution in [3.05, 3.63) is 45.6 Å². The summed E-state index contributed by atoms with van der Waals surface area (Å²) in [4.78, 5) is 24.2. The number of fused-ring (bicyclic) bond motifs is 3. The van der Waals surface area contributed by atoms with Crippen LogP contribution in [0.25, 0.3) is 11.1 Å². The molecule has 2 aromatic carbocycles. The van der Waals surface area contributed by atoms with Crippen molar-refractivity contribution in [2.45, 2.75) is 25.8 Å². The molecule has 0 fully saturated rings. The molecular formula is C20H21NO6. The molecule has 0 radical (unpaired) electrons. The standard InChI is InChI=1S/C20H21NO6/c1-10(22)21-14-6-4-11-8-17(27-3)19(24)20(25)18(11)12-5-7-16(26-2)15(23)9-13(12)14/h5,7-9,14,24-25H,4,6H2,1-3H3,(H,21,22). The number of carbonyl (C=O) groups is 1. The van der Waals surface area contributed by atoms with Crippen LogP contribution in [-0.2, 0) is 11.2 Å². The molecule has 1 amide bonds. The van der Waals surface area contributed by atoms with Gasteiger partial charge in [-0.05, 0) is 47.7 Å². The molecule has 142 valence electrons. The monoisotopic (exact) mass is 371 g/mol. The van der Waals surface area contributed by atoms with E-state index < -0.39 is 6.04 Å². The number of ether oxygens (including phenoxy) is 2. The number of amides is 1. The van der Waals surface area contributed by atoms with Crippen LogP contribution in [0, 0.1) is 0 Å². The van der Waals surface area contributed by atoms with Crippen molar-refractivity contribution in [3.8, 4) is 34.1 Å². The fourth-order valence-corrected chi connectivity index (χ4v) is 3.50. The van der Waals surface area contributed by atoms with E-state index in [1.165, 1.54) is 33.3 Å². The van der Waals surface area contributed by atoms with Crippen molar-refractivity contribution in [2.24, 2.45) is 0 Å². The SMILES string of the molecule is COc1cc2c(c(O)c1O)-c1ccc(OC)c(=O)cc1C(NC(C)=O)CC2. The highest BCUT2D eigenvalue weighted by Crippen LogP contribution is 2.49. The Morgan fingerprint density at radius 2 is 1.81 bits per heavy atom. The fourth-order valence-electron chi connectivity index (χ4n) is 3.50. The maximum atomic E-state index is 12.5. The smallest absolute Gasteiger partial charge is 0.220 e. The zero-order chi connectivity index (χ0) is 19.7. The molecule has 1 aliphatic carbocycles. The molecule has 0 bridgehead atoms. The van der Waals surface area contributed by atoms with Gasteiger partial charge in [0.1, 0.15) is 0 Å². The minimum Gasteiger partial charge on any atom is -0.504 e. The van der Waals surface area contributed by atoms with E-state index in [2.05, 4.69) is 5.32 Å². The third-order valence-corrected chi connectivity index (χ3v) is 4.73. The molecule has 7 nitrogen and oxygen atoms in total. The first kappa shape index (κ1) is 18.6. The molecule has 3 rings (SSSR count). The Morgan fingerprint density at radius 3 is 2.44 bits per heavy atom. The van der Waals surface area contributed by atoms with E-state index in [4.69, 9.17) is 9.47 Å². The van der Waals surface area contributed by atoms with Crippen LogP contribution in [0.15, 0.2) is 29.1 Å². The zero-order valence-electron chi connectivity index (χ0n) is 15.3. The highest BCUT2D eigenvalue weighted by molar-refractivity contribution is 5.82. The second-order valence-corrected chi connectivity index (χ2v) is 6.38. The number of benzene rings is 1. The van der Waals surface area contributed by atoms with Crippen molar-refractivity contribution < 1.29 is 24.5 Å². The lowest BCUT2D eigenvalue weighted by atomic mass is 9.95. The summed E-state index contributed by atoms with van der Waals surface area (Å²) >= 11 is 0. The molecule has 2 aromatic rings. The number of methoxy groups -OCH3 is 2. The Balaban J connectivity index is 2.37. The predicted octanol–water partition coefficient (Wildman–Crippen LogP) is 2.27. The maximum Gasteiger partial charge on any atom is 0.220 e. The van der Waals surface area contributed by atoms with E-state index in [0.29, 0.717) is 29.5 Å². The summed E-state index contributed by atoms with van der Waals surface area (Å²) in [5.41, 5.74) is 1.91. The summed E-state index contributed by atoms with van der Waals surface area (Å²) in [6.45, 7) is 1.41. The number of carbonyl (C=O) groups excluding carboxylic acids is 1. The van der Waals surface area contributed by atoms with Gasteiger partial charge in [0.15, 0.2) is 17.2 Å². The number of hydrogen-bond donors (Lipinski definition) is 3. The van der Waals surface area contributed by atoms with Crippen LogP contribution in [0.4, 0.5) is 0 Å². The van der Waals surface area contributed by atoms with Gasteiger partial charge in [-0.3, -0.25) is 9.59 Å². The van der Waals surface area contributed by atoms with Crippen molar-refractivity contribution in [1.29, 1.82) is 0 Å². The van der Waals surface area contributed by atoms with E-state index in [9.17, 15) is 19.8 Å². The Labute approximate surface area is 156 Å². The van der Waals surface area contributed by atoms with Crippen LogP contribution >= 0.6 is 0 Å². The molecule has 0 aliphatic heterocycles. The van der Waals surface area contributed by atoms with Gasteiger partial charge in [-0.1, -0.05) is 6.07 Å². The number of phenolic OH excluding ortho intramolecular Hbond substituents is 2. The second kappa shape index (κ2) is 7.19. The van der Waals surface area contributed by atoms with Crippen LogP contribution in [0.3, 0.4) is 0 Å². The van der Waals surface area contributed by atoms with Crippen LogP contribution in [0.1, 0.15) is 30.5 Å². The first-order valence-electron chi connectivity index (χ1n) is 8.48. The average Bonchev–Trinajstić information content (AvgIpc) is 2.87.